The molecule has 0 amide bonds. The monoisotopic (exact) mass is 198 g/mol. The molecule has 0 spiro atoms. The molecule has 0 aliphatic carbocycles. The van der Waals surface area contributed by atoms with Crippen LogP contribution in [-0.4, -0.2) is 24.9 Å². The first-order valence-electron chi connectivity index (χ1n) is 4.51. The van der Waals surface area contributed by atoms with Crippen molar-refractivity contribution in [2.24, 2.45) is 0 Å². The standard InChI is InChI=1S/C10H11FO3/c11-9-7(3-4-12)1-2-8-10(9)14-6-5-13-8/h1-2,12H,3-6H2. The third-order valence-corrected chi connectivity index (χ3v) is 2.11. The first-order valence-corrected chi connectivity index (χ1v) is 4.51. The van der Waals surface area contributed by atoms with E-state index in [1.807, 2.05) is 0 Å². The highest BCUT2D eigenvalue weighted by Crippen LogP contribution is 2.34. The highest BCUT2D eigenvalue weighted by atomic mass is 19.1. The predicted molar refractivity (Wildman–Crippen MR) is 48.2 cm³/mol. The minimum atomic E-state index is -0.420. The maximum absolute atomic E-state index is 13.6. The van der Waals surface area contributed by atoms with Crippen LogP contribution in [0.25, 0.3) is 0 Å². The van der Waals surface area contributed by atoms with Gasteiger partial charge in [-0.05, 0) is 18.1 Å². The molecule has 4 heteroatoms. The Morgan fingerprint density at radius 1 is 1.29 bits per heavy atom. The zero-order valence-corrected chi connectivity index (χ0v) is 7.62. The summed E-state index contributed by atoms with van der Waals surface area (Å²) >= 11 is 0. The van der Waals surface area contributed by atoms with Crippen molar-refractivity contribution in [3.63, 3.8) is 0 Å². The minimum absolute atomic E-state index is 0.0729. The molecule has 76 valence electrons. The number of hydrogen-bond acceptors (Lipinski definition) is 3. The highest BCUT2D eigenvalue weighted by Gasteiger charge is 2.18. The summed E-state index contributed by atoms with van der Waals surface area (Å²) < 4.78 is 24.0. The summed E-state index contributed by atoms with van der Waals surface area (Å²) in [7, 11) is 0. The highest BCUT2D eigenvalue weighted by molar-refractivity contribution is 5.45. The van der Waals surface area contributed by atoms with Crippen molar-refractivity contribution in [1.29, 1.82) is 0 Å². The van der Waals surface area contributed by atoms with Crippen LogP contribution in [0.2, 0.25) is 0 Å². The van der Waals surface area contributed by atoms with Gasteiger partial charge < -0.3 is 14.6 Å². The molecule has 14 heavy (non-hydrogen) atoms. The van der Waals surface area contributed by atoms with Crippen molar-refractivity contribution in [2.45, 2.75) is 6.42 Å². The molecule has 0 saturated carbocycles. The van der Waals surface area contributed by atoms with E-state index in [2.05, 4.69) is 0 Å². The average molecular weight is 198 g/mol. The van der Waals surface area contributed by atoms with Crippen LogP contribution in [-0.2, 0) is 6.42 Å². The minimum Gasteiger partial charge on any atom is -0.486 e. The summed E-state index contributed by atoms with van der Waals surface area (Å²) in [6.07, 6.45) is 0.294. The van der Waals surface area contributed by atoms with E-state index in [9.17, 15) is 4.39 Å². The van der Waals surface area contributed by atoms with Gasteiger partial charge in [-0.15, -0.1) is 0 Å². The Labute approximate surface area is 81.1 Å². The Bertz CT molecular complexity index is 338. The van der Waals surface area contributed by atoms with Crippen molar-refractivity contribution >= 4 is 0 Å². The first kappa shape index (κ1) is 9.27. The number of ether oxygens (including phenoxy) is 2. The molecule has 3 nitrogen and oxygen atoms in total. The van der Waals surface area contributed by atoms with E-state index in [-0.39, 0.29) is 12.4 Å². The number of aliphatic hydroxyl groups is 1. The van der Waals surface area contributed by atoms with Crippen LogP contribution in [0.1, 0.15) is 5.56 Å². The largest absolute Gasteiger partial charge is 0.486 e. The average Bonchev–Trinajstić information content (AvgIpc) is 2.23. The van der Waals surface area contributed by atoms with Crippen LogP contribution in [0.4, 0.5) is 4.39 Å². The predicted octanol–water partition coefficient (Wildman–Crippen LogP) is 1.13. The summed E-state index contributed by atoms with van der Waals surface area (Å²) in [6.45, 7) is 0.745. The molecule has 0 bridgehead atoms. The van der Waals surface area contributed by atoms with E-state index >= 15 is 0 Å². The van der Waals surface area contributed by atoms with E-state index in [0.717, 1.165) is 0 Å². The van der Waals surface area contributed by atoms with Gasteiger partial charge in [0.15, 0.2) is 17.3 Å². The van der Waals surface area contributed by atoms with Gasteiger partial charge in [-0.3, -0.25) is 0 Å². The van der Waals surface area contributed by atoms with Gasteiger partial charge in [-0.1, -0.05) is 6.07 Å². The van der Waals surface area contributed by atoms with E-state index in [4.69, 9.17) is 14.6 Å². The maximum atomic E-state index is 13.6. The van der Waals surface area contributed by atoms with Crippen molar-refractivity contribution < 1.29 is 19.0 Å². The number of halogens is 1. The van der Waals surface area contributed by atoms with Crippen LogP contribution in [0.3, 0.4) is 0 Å². The lowest BCUT2D eigenvalue weighted by Gasteiger charge is -2.19. The molecule has 0 radical (unpaired) electrons. The summed E-state index contributed by atoms with van der Waals surface area (Å²) in [5, 5.41) is 8.71. The lowest BCUT2D eigenvalue weighted by Crippen LogP contribution is -2.17. The third-order valence-electron chi connectivity index (χ3n) is 2.11. The van der Waals surface area contributed by atoms with E-state index in [1.54, 1.807) is 12.1 Å². The molecule has 2 rings (SSSR count). The molecule has 0 unspecified atom stereocenters. The summed E-state index contributed by atoms with van der Waals surface area (Å²) in [5.74, 6) is 0.189. The Hall–Kier alpha value is -1.29. The van der Waals surface area contributed by atoms with Gasteiger partial charge in [0.1, 0.15) is 13.2 Å². The summed E-state index contributed by atoms with van der Waals surface area (Å²) in [6, 6.07) is 3.28. The lowest BCUT2D eigenvalue weighted by atomic mass is 10.1. The van der Waals surface area contributed by atoms with E-state index in [1.165, 1.54) is 0 Å². The zero-order valence-electron chi connectivity index (χ0n) is 7.62. The second-order valence-electron chi connectivity index (χ2n) is 3.04. The number of aliphatic hydroxyl groups excluding tert-OH is 1. The van der Waals surface area contributed by atoms with Gasteiger partial charge >= 0.3 is 0 Å². The van der Waals surface area contributed by atoms with Crippen molar-refractivity contribution in [2.75, 3.05) is 19.8 Å². The van der Waals surface area contributed by atoms with Crippen LogP contribution < -0.4 is 9.47 Å². The van der Waals surface area contributed by atoms with Crippen LogP contribution in [0.15, 0.2) is 12.1 Å². The quantitative estimate of drug-likeness (QED) is 0.774. The number of hydrogen-bond donors (Lipinski definition) is 1. The maximum Gasteiger partial charge on any atom is 0.197 e. The fourth-order valence-corrected chi connectivity index (χ4v) is 1.44. The molecule has 1 heterocycles. The Kier molecular flexibility index (Phi) is 2.54. The molecule has 1 aromatic rings. The second kappa shape index (κ2) is 3.84. The Morgan fingerprint density at radius 2 is 2.07 bits per heavy atom. The summed E-state index contributed by atoms with van der Waals surface area (Å²) in [5.41, 5.74) is 0.455. The molecular formula is C10H11FO3. The lowest BCUT2D eigenvalue weighted by molar-refractivity contribution is 0.163. The van der Waals surface area contributed by atoms with Gasteiger partial charge in [0.25, 0.3) is 0 Å². The molecule has 0 fully saturated rings. The molecule has 1 aliphatic heterocycles. The molecule has 0 saturated heterocycles. The topological polar surface area (TPSA) is 38.7 Å². The van der Waals surface area contributed by atoms with Gasteiger partial charge in [-0.2, -0.15) is 0 Å². The fraction of sp³-hybridized carbons (Fsp3) is 0.400. The van der Waals surface area contributed by atoms with Crippen molar-refractivity contribution in [3.05, 3.63) is 23.5 Å². The Balaban J connectivity index is 2.38. The van der Waals surface area contributed by atoms with Crippen molar-refractivity contribution in [1.82, 2.24) is 0 Å². The van der Waals surface area contributed by atoms with E-state index in [0.29, 0.717) is 30.9 Å². The smallest absolute Gasteiger partial charge is 0.197 e. The van der Waals surface area contributed by atoms with Crippen LogP contribution in [0, 0.1) is 5.82 Å². The van der Waals surface area contributed by atoms with Crippen LogP contribution in [0.5, 0.6) is 11.5 Å². The second-order valence-corrected chi connectivity index (χ2v) is 3.04. The number of benzene rings is 1. The van der Waals surface area contributed by atoms with Gasteiger partial charge in [-0.25, -0.2) is 4.39 Å². The number of rotatable bonds is 2. The number of fused-ring (bicyclic) bond motifs is 1. The zero-order chi connectivity index (χ0) is 9.97. The molecule has 0 aromatic heterocycles. The molecule has 1 aromatic carbocycles. The molecule has 0 atom stereocenters. The van der Waals surface area contributed by atoms with Gasteiger partial charge in [0, 0.05) is 6.61 Å². The molecule has 1 N–H and O–H groups in total. The Morgan fingerprint density at radius 3 is 2.86 bits per heavy atom. The third kappa shape index (κ3) is 1.53. The molecular weight excluding hydrogens is 187 g/mol. The van der Waals surface area contributed by atoms with Crippen LogP contribution >= 0.6 is 0 Å². The normalized spacial score (nSPS) is 14.1. The van der Waals surface area contributed by atoms with Crippen molar-refractivity contribution in [3.8, 4) is 11.5 Å². The fourth-order valence-electron chi connectivity index (χ4n) is 1.44. The molecule has 1 aliphatic rings. The first-order chi connectivity index (χ1) is 6.83. The summed E-state index contributed by atoms with van der Waals surface area (Å²) in [4.78, 5) is 0. The SMILES string of the molecule is OCCc1ccc2c(c1F)OCCO2. The van der Waals surface area contributed by atoms with E-state index < -0.39 is 5.82 Å². The van der Waals surface area contributed by atoms with Gasteiger partial charge in [0.2, 0.25) is 0 Å². The van der Waals surface area contributed by atoms with Gasteiger partial charge in [0.05, 0.1) is 0 Å².